The summed E-state index contributed by atoms with van der Waals surface area (Å²) in [5, 5.41) is 11.7. The number of carboxylic acids is 1. The monoisotopic (exact) mass is 300 g/mol. The minimum absolute atomic E-state index is 0.0182. The summed E-state index contributed by atoms with van der Waals surface area (Å²) in [6, 6.07) is -1.29. The lowest BCUT2D eigenvalue weighted by atomic mass is 9.98. The van der Waals surface area contributed by atoms with Crippen LogP contribution in [-0.2, 0) is 14.3 Å². The number of piperidine rings is 1. The van der Waals surface area contributed by atoms with E-state index in [9.17, 15) is 14.4 Å². The van der Waals surface area contributed by atoms with Crippen molar-refractivity contribution in [3.05, 3.63) is 0 Å². The molecule has 21 heavy (non-hydrogen) atoms. The maximum atomic E-state index is 12.3. The van der Waals surface area contributed by atoms with Crippen molar-refractivity contribution in [3.63, 3.8) is 0 Å². The number of carbonyl (C=O) groups is 3. The third-order valence-corrected chi connectivity index (χ3v) is 3.89. The summed E-state index contributed by atoms with van der Waals surface area (Å²) in [5.41, 5.74) is 0. The summed E-state index contributed by atoms with van der Waals surface area (Å²) in [6.45, 7) is 3.92. The summed E-state index contributed by atoms with van der Waals surface area (Å²) in [7, 11) is 1.24. The van der Waals surface area contributed by atoms with E-state index in [0.29, 0.717) is 0 Å². The van der Waals surface area contributed by atoms with Crippen LogP contribution in [0, 0.1) is 0 Å². The van der Waals surface area contributed by atoms with Gasteiger partial charge in [-0.2, -0.15) is 0 Å². The van der Waals surface area contributed by atoms with Crippen molar-refractivity contribution in [1.82, 2.24) is 10.2 Å². The van der Waals surface area contributed by atoms with Crippen molar-refractivity contribution >= 4 is 18.0 Å². The van der Waals surface area contributed by atoms with Gasteiger partial charge in [-0.1, -0.05) is 0 Å². The fraction of sp³-hybridized carbons (Fsp3) is 0.786. The molecule has 1 heterocycles. The molecule has 2 N–H and O–H groups in total. The third-order valence-electron chi connectivity index (χ3n) is 3.89. The van der Waals surface area contributed by atoms with Gasteiger partial charge in [0, 0.05) is 18.5 Å². The maximum Gasteiger partial charge on any atom is 0.326 e. The van der Waals surface area contributed by atoms with E-state index in [1.165, 1.54) is 7.11 Å². The summed E-state index contributed by atoms with van der Waals surface area (Å²) >= 11 is 0. The Kier molecular flexibility index (Phi) is 6.45. The maximum absolute atomic E-state index is 12.3. The van der Waals surface area contributed by atoms with E-state index in [1.54, 1.807) is 4.90 Å². The van der Waals surface area contributed by atoms with Crippen LogP contribution in [-0.4, -0.2) is 53.2 Å². The number of hydrogen-bond acceptors (Lipinski definition) is 4. The van der Waals surface area contributed by atoms with Crippen molar-refractivity contribution in [2.75, 3.05) is 7.11 Å². The zero-order chi connectivity index (χ0) is 16.0. The molecule has 0 aliphatic carbocycles. The Labute approximate surface area is 124 Å². The van der Waals surface area contributed by atoms with Gasteiger partial charge >= 0.3 is 18.0 Å². The Hall–Kier alpha value is -1.79. The number of likely N-dealkylation sites (tertiary alicyclic amines) is 1. The van der Waals surface area contributed by atoms with Gasteiger partial charge in [0.2, 0.25) is 0 Å². The second kappa shape index (κ2) is 7.85. The third kappa shape index (κ3) is 4.91. The van der Waals surface area contributed by atoms with Gasteiger partial charge < -0.3 is 20.1 Å². The minimum Gasteiger partial charge on any atom is -0.480 e. The Balaban J connectivity index is 2.63. The highest BCUT2D eigenvalue weighted by Gasteiger charge is 2.31. The lowest BCUT2D eigenvalue weighted by molar-refractivity contribution is -0.142. The molecule has 0 radical (unpaired) electrons. The van der Waals surface area contributed by atoms with E-state index >= 15 is 0 Å². The highest BCUT2D eigenvalue weighted by molar-refractivity contribution is 5.83. The topological polar surface area (TPSA) is 95.9 Å². The molecular weight excluding hydrogens is 276 g/mol. The van der Waals surface area contributed by atoms with Gasteiger partial charge in [-0.25, -0.2) is 9.59 Å². The van der Waals surface area contributed by atoms with Gasteiger partial charge in [0.25, 0.3) is 0 Å². The van der Waals surface area contributed by atoms with E-state index in [-0.39, 0.29) is 31.0 Å². The first-order valence-corrected chi connectivity index (χ1v) is 7.25. The fourth-order valence-electron chi connectivity index (χ4n) is 2.67. The van der Waals surface area contributed by atoms with Crippen molar-refractivity contribution in [2.24, 2.45) is 0 Å². The van der Waals surface area contributed by atoms with Crippen molar-refractivity contribution in [2.45, 2.75) is 64.1 Å². The smallest absolute Gasteiger partial charge is 0.326 e. The Morgan fingerprint density at radius 1 is 1.29 bits per heavy atom. The molecule has 0 spiro atoms. The molecule has 0 saturated carbocycles. The molecule has 2 amide bonds. The number of urea groups is 1. The number of nitrogens with zero attached hydrogens (tertiary/aromatic N) is 1. The fourth-order valence-corrected chi connectivity index (χ4v) is 2.67. The number of methoxy groups -OCH3 is 1. The average molecular weight is 300 g/mol. The number of amides is 2. The molecule has 1 aliphatic heterocycles. The molecule has 7 heteroatoms. The largest absolute Gasteiger partial charge is 0.480 e. The second-order valence-electron chi connectivity index (χ2n) is 5.49. The summed E-state index contributed by atoms with van der Waals surface area (Å²) in [5.74, 6) is -1.64. The average Bonchev–Trinajstić information content (AvgIpc) is 2.42. The van der Waals surface area contributed by atoms with Crippen LogP contribution in [0.2, 0.25) is 0 Å². The van der Waals surface area contributed by atoms with Crippen LogP contribution in [0.25, 0.3) is 0 Å². The number of rotatable bonds is 5. The van der Waals surface area contributed by atoms with E-state index in [0.717, 1.165) is 19.3 Å². The van der Waals surface area contributed by atoms with Crippen molar-refractivity contribution in [1.29, 1.82) is 0 Å². The molecule has 1 fully saturated rings. The van der Waals surface area contributed by atoms with Gasteiger partial charge in [0.1, 0.15) is 6.04 Å². The SMILES string of the molecule is COC(=O)CC[C@@H](NC(=O)N1[C@H](C)CCC[C@@H]1C)C(=O)O. The molecule has 1 rings (SSSR count). The van der Waals surface area contributed by atoms with Crippen LogP contribution < -0.4 is 5.32 Å². The quantitative estimate of drug-likeness (QED) is 0.747. The van der Waals surface area contributed by atoms with Gasteiger partial charge in [-0.05, 0) is 39.5 Å². The second-order valence-corrected chi connectivity index (χ2v) is 5.49. The number of esters is 1. The normalized spacial score (nSPS) is 23.3. The van der Waals surface area contributed by atoms with E-state index in [2.05, 4.69) is 10.1 Å². The molecule has 1 saturated heterocycles. The van der Waals surface area contributed by atoms with Crippen LogP contribution in [0.5, 0.6) is 0 Å². The molecule has 0 bridgehead atoms. The number of nitrogens with one attached hydrogen (secondary N) is 1. The number of ether oxygens (including phenoxy) is 1. The lowest BCUT2D eigenvalue weighted by Crippen LogP contribution is -2.55. The minimum atomic E-state index is -1.15. The standard InChI is InChI=1S/C14H24N2O5/c1-9-5-4-6-10(2)16(9)14(20)15-11(13(18)19)7-8-12(17)21-3/h9-11H,4-8H2,1-3H3,(H,15,20)(H,18,19)/t9-,10+,11-/m1/s1. The predicted octanol–water partition coefficient (Wildman–Crippen LogP) is 1.37. The Morgan fingerprint density at radius 3 is 2.33 bits per heavy atom. The summed E-state index contributed by atoms with van der Waals surface area (Å²) in [6.07, 6.45) is 2.87. The van der Waals surface area contributed by atoms with E-state index in [4.69, 9.17) is 5.11 Å². The predicted molar refractivity (Wildman–Crippen MR) is 75.8 cm³/mol. The van der Waals surface area contributed by atoms with Gasteiger partial charge in [0.05, 0.1) is 7.11 Å². The first-order chi connectivity index (χ1) is 9.86. The first-order valence-electron chi connectivity index (χ1n) is 7.25. The molecule has 0 aromatic carbocycles. The highest BCUT2D eigenvalue weighted by atomic mass is 16.5. The lowest BCUT2D eigenvalue weighted by Gasteiger charge is -2.39. The summed E-state index contributed by atoms with van der Waals surface area (Å²) in [4.78, 5) is 36.3. The van der Waals surface area contributed by atoms with Crippen LogP contribution in [0.1, 0.15) is 46.0 Å². The van der Waals surface area contributed by atoms with Gasteiger partial charge in [0.15, 0.2) is 0 Å². The number of carbonyl (C=O) groups excluding carboxylic acids is 2. The molecule has 0 aromatic rings. The van der Waals surface area contributed by atoms with Gasteiger partial charge in [-0.15, -0.1) is 0 Å². The van der Waals surface area contributed by atoms with Crippen LogP contribution in [0.4, 0.5) is 4.79 Å². The zero-order valence-electron chi connectivity index (χ0n) is 12.8. The van der Waals surface area contributed by atoms with Gasteiger partial charge in [-0.3, -0.25) is 4.79 Å². The molecule has 3 atom stereocenters. The first kappa shape index (κ1) is 17.3. The number of carboxylic acid groups (broad SMARTS) is 1. The molecular formula is C14H24N2O5. The summed E-state index contributed by atoms with van der Waals surface area (Å²) < 4.78 is 4.48. The molecule has 7 nitrogen and oxygen atoms in total. The van der Waals surface area contributed by atoms with Crippen LogP contribution in [0.15, 0.2) is 0 Å². The van der Waals surface area contributed by atoms with Crippen LogP contribution in [0.3, 0.4) is 0 Å². The highest BCUT2D eigenvalue weighted by Crippen LogP contribution is 2.22. The van der Waals surface area contributed by atoms with E-state index in [1.807, 2.05) is 13.8 Å². The Bertz CT molecular complexity index is 389. The van der Waals surface area contributed by atoms with Crippen molar-refractivity contribution in [3.8, 4) is 0 Å². The number of hydrogen-bond donors (Lipinski definition) is 2. The number of aliphatic carboxylic acids is 1. The zero-order valence-corrected chi connectivity index (χ0v) is 12.8. The molecule has 0 unspecified atom stereocenters. The molecule has 120 valence electrons. The molecule has 0 aromatic heterocycles. The molecule has 1 aliphatic rings. The Morgan fingerprint density at radius 2 is 1.86 bits per heavy atom. The van der Waals surface area contributed by atoms with Crippen LogP contribution >= 0.6 is 0 Å². The van der Waals surface area contributed by atoms with Crippen molar-refractivity contribution < 1.29 is 24.2 Å². The van der Waals surface area contributed by atoms with E-state index < -0.39 is 18.0 Å².